The fourth-order valence-corrected chi connectivity index (χ4v) is 0.506. The molecule has 1 unspecified atom stereocenters. The topological polar surface area (TPSA) is 26.3 Å². The third kappa shape index (κ3) is 5.15. The van der Waals surface area contributed by atoms with Crippen LogP contribution in [0.5, 0.6) is 0 Å². The van der Waals surface area contributed by atoms with Gasteiger partial charge in [-0.2, -0.15) is 0 Å². The van der Waals surface area contributed by atoms with Gasteiger partial charge in [-0.05, 0) is 13.0 Å². The number of hydrogen-bond donors (Lipinski definition) is 0. The molecule has 0 saturated carbocycles. The van der Waals surface area contributed by atoms with Crippen LogP contribution in [0.25, 0.3) is 0 Å². The van der Waals surface area contributed by atoms with Crippen LogP contribution in [-0.2, 0) is 9.53 Å². The Morgan fingerprint density at radius 2 is 2.18 bits per heavy atom. The molecular formula is C9H12O2. The lowest BCUT2D eigenvalue weighted by atomic mass is 10.3. The number of esters is 1. The van der Waals surface area contributed by atoms with Gasteiger partial charge in [0, 0.05) is 6.08 Å². The molecule has 0 aromatic rings. The molecule has 0 radical (unpaired) electrons. The lowest BCUT2D eigenvalue weighted by Crippen LogP contribution is -2.09. The van der Waals surface area contributed by atoms with Crippen molar-refractivity contribution in [3.63, 3.8) is 0 Å². The predicted molar refractivity (Wildman–Crippen MR) is 45.1 cm³/mol. The third-order valence-electron chi connectivity index (χ3n) is 0.987. The van der Waals surface area contributed by atoms with Crippen molar-refractivity contribution in [3.05, 3.63) is 37.5 Å². The van der Waals surface area contributed by atoms with Crippen LogP contribution in [0.1, 0.15) is 6.92 Å². The summed E-state index contributed by atoms with van der Waals surface area (Å²) in [5.41, 5.74) is 0. The summed E-state index contributed by atoms with van der Waals surface area (Å²) in [5, 5.41) is 0. The van der Waals surface area contributed by atoms with Gasteiger partial charge in [0.2, 0.25) is 0 Å². The molecule has 0 aromatic carbocycles. The molecule has 0 bridgehead atoms. The van der Waals surface area contributed by atoms with Gasteiger partial charge in [-0.25, -0.2) is 4.79 Å². The van der Waals surface area contributed by atoms with Gasteiger partial charge in [-0.1, -0.05) is 25.3 Å². The zero-order valence-corrected chi connectivity index (χ0v) is 6.62. The summed E-state index contributed by atoms with van der Waals surface area (Å²) in [6, 6.07) is 0. The molecule has 0 aromatic heterocycles. The van der Waals surface area contributed by atoms with Crippen LogP contribution in [0.3, 0.4) is 0 Å². The summed E-state index contributed by atoms with van der Waals surface area (Å²) < 4.78 is 4.81. The number of ether oxygens (including phenoxy) is 1. The molecule has 0 aliphatic carbocycles. The van der Waals surface area contributed by atoms with Crippen molar-refractivity contribution in [2.45, 2.75) is 13.0 Å². The van der Waals surface area contributed by atoms with Crippen molar-refractivity contribution < 1.29 is 9.53 Å². The van der Waals surface area contributed by atoms with E-state index in [1.54, 1.807) is 25.2 Å². The maximum absolute atomic E-state index is 10.6. The number of rotatable bonds is 4. The van der Waals surface area contributed by atoms with E-state index in [0.29, 0.717) is 0 Å². The van der Waals surface area contributed by atoms with Gasteiger partial charge >= 0.3 is 5.97 Å². The molecule has 1 atom stereocenters. The molecule has 0 N–H and O–H groups in total. The molecule has 60 valence electrons. The molecule has 11 heavy (non-hydrogen) atoms. The predicted octanol–water partition coefficient (Wildman–Crippen LogP) is 1.85. The third-order valence-corrected chi connectivity index (χ3v) is 0.987. The van der Waals surface area contributed by atoms with Crippen LogP contribution in [0, 0.1) is 0 Å². The van der Waals surface area contributed by atoms with E-state index in [1.165, 1.54) is 0 Å². The minimum Gasteiger partial charge on any atom is -0.455 e. The Bertz CT molecular complexity index is 180. The average Bonchev–Trinajstić information content (AvgIpc) is 2.00. The van der Waals surface area contributed by atoms with Gasteiger partial charge in [0.1, 0.15) is 6.10 Å². The van der Waals surface area contributed by atoms with Gasteiger partial charge in [-0.3, -0.25) is 0 Å². The first kappa shape index (κ1) is 9.69. The van der Waals surface area contributed by atoms with Gasteiger partial charge in [0.25, 0.3) is 0 Å². The minimum atomic E-state index is -0.411. The number of carbonyl (C=O) groups is 1. The van der Waals surface area contributed by atoms with Crippen molar-refractivity contribution >= 4 is 5.97 Å². The molecule has 0 rings (SSSR count). The van der Waals surface area contributed by atoms with Gasteiger partial charge in [-0.15, -0.1) is 0 Å². The van der Waals surface area contributed by atoms with Gasteiger partial charge < -0.3 is 4.74 Å². The van der Waals surface area contributed by atoms with E-state index >= 15 is 0 Å². The van der Waals surface area contributed by atoms with Crippen LogP contribution in [0.4, 0.5) is 0 Å². The number of allylic oxidation sites excluding steroid dienone is 2. The normalized spacial score (nSPS) is 12.5. The van der Waals surface area contributed by atoms with E-state index in [0.717, 1.165) is 6.08 Å². The van der Waals surface area contributed by atoms with E-state index in [4.69, 9.17) is 4.74 Å². The first-order valence-corrected chi connectivity index (χ1v) is 3.33. The van der Waals surface area contributed by atoms with Gasteiger partial charge in [0.05, 0.1) is 0 Å². The maximum atomic E-state index is 10.6. The average molecular weight is 152 g/mol. The Labute approximate surface area is 66.9 Å². The van der Waals surface area contributed by atoms with Crippen LogP contribution in [0.2, 0.25) is 0 Å². The molecule has 0 spiro atoms. The fourth-order valence-electron chi connectivity index (χ4n) is 0.506. The second-order valence-electron chi connectivity index (χ2n) is 1.97. The zero-order valence-electron chi connectivity index (χ0n) is 6.62. The summed E-state index contributed by atoms with van der Waals surface area (Å²) in [6.07, 6.45) is 5.99. The first-order valence-electron chi connectivity index (χ1n) is 3.33. The molecular weight excluding hydrogens is 140 g/mol. The highest BCUT2D eigenvalue weighted by atomic mass is 16.5. The van der Waals surface area contributed by atoms with Gasteiger partial charge in [0.15, 0.2) is 0 Å². The lowest BCUT2D eigenvalue weighted by Gasteiger charge is -2.04. The second-order valence-corrected chi connectivity index (χ2v) is 1.97. The largest absolute Gasteiger partial charge is 0.455 e. The maximum Gasteiger partial charge on any atom is 0.330 e. The van der Waals surface area contributed by atoms with E-state index < -0.39 is 5.97 Å². The summed E-state index contributed by atoms with van der Waals surface area (Å²) >= 11 is 0. The molecule has 0 amide bonds. The number of carbonyl (C=O) groups excluding carboxylic acids is 1. The molecule has 2 heteroatoms. The molecule has 0 saturated heterocycles. The Morgan fingerprint density at radius 3 is 2.64 bits per heavy atom. The Hall–Kier alpha value is -1.31. The summed E-state index contributed by atoms with van der Waals surface area (Å²) in [4.78, 5) is 10.6. The van der Waals surface area contributed by atoms with Crippen LogP contribution < -0.4 is 0 Å². The van der Waals surface area contributed by atoms with Crippen molar-refractivity contribution in [1.29, 1.82) is 0 Å². The SMILES string of the molecule is C=C/C=C/C(C)OC(=O)C=C. The van der Waals surface area contributed by atoms with Crippen molar-refractivity contribution in [2.24, 2.45) is 0 Å². The standard InChI is InChI=1S/C9H12O2/c1-4-6-7-8(3)11-9(10)5-2/h4-8H,1-2H2,3H3/b7-6+. The molecule has 2 nitrogen and oxygen atoms in total. The smallest absolute Gasteiger partial charge is 0.330 e. The summed E-state index contributed by atoms with van der Waals surface area (Å²) in [6.45, 7) is 8.52. The highest BCUT2D eigenvalue weighted by molar-refractivity contribution is 5.81. The van der Waals surface area contributed by atoms with Crippen LogP contribution in [-0.4, -0.2) is 12.1 Å². The molecule has 0 aliphatic rings. The highest BCUT2D eigenvalue weighted by Gasteiger charge is 1.99. The molecule has 0 heterocycles. The second kappa shape index (κ2) is 5.47. The van der Waals surface area contributed by atoms with Crippen LogP contribution >= 0.6 is 0 Å². The van der Waals surface area contributed by atoms with E-state index in [1.807, 2.05) is 0 Å². The molecule has 0 fully saturated rings. The van der Waals surface area contributed by atoms with E-state index in [2.05, 4.69) is 13.2 Å². The monoisotopic (exact) mass is 152 g/mol. The van der Waals surface area contributed by atoms with E-state index in [9.17, 15) is 4.79 Å². The first-order chi connectivity index (χ1) is 5.20. The lowest BCUT2D eigenvalue weighted by molar-refractivity contribution is -0.140. The minimum absolute atomic E-state index is 0.224. The van der Waals surface area contributed by atoms with Crippen LogP contribution in [0.15, 0.2) is 37.5 Å². The van der Waals surface area contributed by atoms with Crippen molar-refractivity contribution in [2.75, 3.05) is 0 Å². The van der Waals surface area contributed by atoms with E-state index in [-0.39, 0.29) is 6.10 Å². The summed E-state index contributed by atoms with van der Waals surface area (Å²) in [7, 11) is 0. The quantitative estimate of drug-likeness (QED) is 0.349. The zero-order chi connectivity index (χ0) is 8.69. The number of hydrogen-bond acceptors (Lipinski definition) is 2. The Balaban J connectivity index is 3.76. The highest BCUT2D eigenvalue weighted by Crippen LogP contribution is 1.93. The molecule has 0 aliphatic heterocycles. The Morgan fingerprint density at radius 1 is 1.55 bits per heavy atom. The van der Waals surface area contributed by atoms with Crippen molar-refractivity contribution in [1.82, 2.24) is 0 Å². The fraction of sp³-hybridized carbons (Fsp3) is 0.222. The van der Waals surface area contributed by atoms with Crippen molar-refractivity contribution in [3.8, 4) is 0 Å². The summed E-state index contributed by atoms with van der Waals surface area (Å²) in [5.74, 6) is -0.411. The Kier molecular flexibility index (Phi) is 4.82.